The number of hydrogen-bond donors (Lipinski definition) is 0. The van der Waals surface area contributed by atoms with Gasteiger partial charge in [0.1, 0.15) is 22.8 Å². The topological polar surface area (TPSA) is 55.1 Å². The van der Waals surface area contributed by atoms with Gasteiger partial charge in [-0.3, -0.25) is 0 Å². The molecule has 0 spiro atoms. The van der Waals surface area contributed by atoms with Crippen molar-refractivity contribution in [2.75, 3.05) is 4.90 Å². The number of furan rings is 1. The molecule has 3 heterocycles. The quantitative estimate of drug-likeness (QED) is 0.167. The third-order valence-electron chi connectivity index (χ3n) is 18.7. The number of rotatable bonds is 6. The van der Waals surface area contributed by atoms with Gasteiger partial charge in [0.25, 0.3) is 0 Å². The number of aromatic nitrogens is 3. The first-order chi connectivity index (χ1) is 32.8. The minimum atomic E-state index is -0.674. The molecule has 0 saturated heterocycles. The molecule has 2 aromatic heterocycles. The molecule has 5 heteroatoms. The Morgan fingerprint density at radius 2 is 0.940 bits per heavy atom. The predicted molar refractivity (Wildman–Crippen MR) is 268 cm³/mol. The Bertz CT molecular complexity index is 3120. The lowest BCUT2D eigenvalue weighted by atomic mass is 9.49. The SMILES string of the molecule is Cc1cc(-c2nc(C34CC5CC(CC(C5)C3)C4)nc(C34CC5CC(CC(C5)C3)C4)n2)cc(C)c1N1c2ccccc2C(c2ccccc2)(c2cccc3c2oc2ccccc23)c2ccccc21. The zero-order chi connectivity index (χ0) is 44.2. The van der Waals surface area contributed by atoms with Gasteiger partial charge in [-0.2, -0.15) is 0 Å². The van der Waals surface area contributed by atoms with Gasteiger partial charge in [0.05, 0.1) is 22.5 Å². The van der Waals surface area contributed by atoms with Crippen molar-refractivity contribution in [3.05, 3.63) is 178 Å². The fourth-order valence-corrected chi connectivity index (χ4v) is 17.2. The van der Waals surface area contributed by atoms with Gasteiger partial charge in [0, 0.05) is 32.7 Å². The number of nitrogens with zero attached hydrogens (tertiary/aromatic N) is 4. The highest BCUT2D eigenvalue weighted by Crippen LogP contribution is 2.64. The first-order valence-electron chi connectivity index (χ1n) is 25.7. The van der Waals surface area contributed by atoms with E-state index in [1.807, 2.05) is 0 Å². The highest BCUT2D eigenvalue weighted by molar-refractivity contribution is 6.07. The molecule has 5 nitrogen and oxygen atoms in total. The largest absolute Gasteiger partial charge is 0.456 e. The fourth-order valence-electron chi connectivity index (χ4n) is 17.2. The Kier molecular flexibility index (Phi) is 8.14. The van der Waals surface area contributed by atoms with E-state index in [0.717, 1.165) is 86.0 Å². The Morgan fingerprint density at radius 1 is 0.478 bits per heavy atom. The number of aryl methyl sites for hydroxylation is 2. The second kappa shape index (κ2) is 14.0. The van der Waals surface area contributed by atoms with Gasteiger partial charge in [-0.15, -0.1) is 0 Å². The molecule has 9 aliphatic rings. The number of fused-ring (bicyclic) bond motifs is 5. The van der Waals surface area contributed by atoms with E-state index in [2.05, 4.69) is 152 Å². The van der Waals surface area contributed by atoms with E-state index >= 15 is 0 Å². The molecule has 8 aromatic rings. The molecule has 8 saturated carbocycles. The molecule has 0 amide bonds. The summed E-state index contributed by atoms with van der Waals surface area (Å²) in [5.41, 5.74) is 13.3. The molecule has 0 radical (unpaired) electrons. The Morgan fingerprint density at radius 3 is 1.49 bits per heavy atom. The van der Waals surface area contributed by atoms with E-state index in [9.17, 15) is 0 Å². The number of para-hydroxylation sites is 4. The Hall–Kier alpha value is -6.07. The smallest absolute Gasteiger partial charge is 0.163 e. The summed E-state index contributed by atoms with van der Waals surface area (Å²) in [7, 11) is 0. The van der Waals surface area contributed by atoms with Crippen molar-refractivity contribution in [2.45, 2.75) is 107 Å². The van der Waals surface area contributed by atoms with Crippen LogP contribution in [0, 0.1) is 49.4 Å². The van der Waals surface area contributed by atoms with Crippen molar-refractivity contribution in [3.63, 3.8) is 0 Å². The monoisotopic (exact) mass is 874 g/mol. The van der Waals surface area contributed by atoms with Gasteiger partial charge in [-0.05, 0) is 185 Å². The lowest BCUT2D eigenvalue weighted by Crippen LogP contribution is -2.51. The summed E-state index contributed by atoms with van der Waals surface area (Å²) in [4.78, 5) is 19.7. The third-order valence-corrected chi connectivity index (χ3v) is 18.7. The number of benzene rings is 6. The van der Waals surface area contributed by atoms with Gasteiger partial charge < -0.3 is 9.32 Å². The second-order valence-corrected chi connectivity index (χ2v) is 22.9. The van der Waals surface area contributed by atoms with Crippen molar-refractivity contribution in [1.82, 2.24) is 15.0 Å². The molecule has 8 fully saturated rings. The van der Waals surface area contributed by atoms with Crippen molar-refractivity contribution >= 4 is 39.0 Å². The fraction of sp³-hybridized carbons (Fsp3) is 0.371. The normalized spacial score (nSPS) is 29.4. The van der Waals surface area contributed by atoms with E-state index in [1.54, 1.807) is 0 Å². The second-order valence-electron chi connectivity index (χ2n) is 22.9. The predicted octanol–water partition coefficient (Wildman–Crippen LogP) is 15.2. The van der Waals surface area contributed by atoms with Gasteiger partial charge in [0.2, 0.25) is 0 Å². The molecular formula is C62H58N4O. The van der Waals surface area contributed by atoms with Crippen LogP contribution in [0.1, 0.15) is 122 Å². The van der Waals surface area contributed by atoms with Crippen LogP contribution in [0.3, 0.4) is 0 Å². The zero-order valence-electron chi connectivity index (χ0n) is 38.8. The summed E-state index contributed by atoms with van der Waals surface area (Å²) in [6.07, 6.45) is 16.1. The van der Waals surface area contributed by atoms with Crippen molar-refractivity contribution in [3.8, 4) is 11.4 Å². The number of anilines is 3. The molecule has 0 atom stereocenters. The van der Waals surface area contributed by atoms with Crippen LogP contribution >= 0.6 is 0 Å². The maximum Gasteiger partial charge on any atom is 0.163 e. The summed E-state index contributed by atoms with van der Waals surface area (Å²) in [5.74, 6) is 8.21. The molecule has 8 aliphatic carbocycles. The van der Waals surface area contributed by atoms with Crippen LogP contribution in [-0.4, -0.2) is 15.0 Å². The van der Waals surface area contributed by atoms with Crippen molar-refractivity contribution in [2.24, 2.45) is 35.5 Å². The Balaban J connectivity index is 0.916. The van der Waals surface area contributed by atoms with Crippen LogP contribution in [0.5, 0.6) is 0 Å². The minimum Gasteiger partial charge on any atom is -0.456 e. The van der Waals surface area contributed by atoms with Crippen LogP contribution in [0.2, 0.25) is 0 Å². The van der Waals surface area contributed by atoms with Gasteiger partial charge in [0.15, 0.2) is 5.82 Å². The van der Waals surface area contributed by atoms with Crippen LogP contribution in [0.15, 0.2) is 138 Å². The summed E-state index contributed by atoms with van der Waals surface area (Å²) >= 11 is 0. The van der Waals surface area contributed by atoms with Crippen LogP contribution in [0.4, 0.5) is 17.1 Å². The van der Waals surface area contributed by atoms with Crippen molar-refractivity contribution in [1.29, 1.82) is 0 Å². The molecule has 1 aliphatic heterocycles. The zero-order valence-corrected chi connectivity index (χ0v) is 38.8. The first-order valence-corrected chi connectivity index (χ1v) is 25.7. The summed E-state index contributed by atoms with van der Waals surface area (Å²) in [6.45, 7) is 4.62. The highest BCUT2D eigenvalue weighted by Gasteiger charge is 2.56. The molecular weight excluding hydrogens is 817 g/mol. The van der Waals surface area contributed by atoms with Gasteiger partial charge in [-0.1, -0.05) is 103 Å². The summed E-state index contributed by atoms with van der Waals surface area (Å²) in [5, 5.41) is 2.28. The minimum absolute atomic E-state index is 0.104. The average Bonchev–Trinajstić information content (AvgIpc) is 3.72. The molecule has 8 bridgehead atoms. The van der Waals surface area contributed by atoms with Crippen molar-refractivity contribution < 1.29 is 4.42 Å². The third kappa shape index (κ3) is 5.52. The van der Waals surface area contributed by atoms with Crippen LogP contribution < -0.4 is 4.90 Å². The number of hydrogen-bond acceptors (Lipinski definition) is 5. The average molecular weight is 875 g/mol. The highest BCUT2D eigenvalue weighted by atomic mass is 16.3. The first kappa shape index (κ1) is 39.0. The summed E-state index contributed by atoms with van der Waals surface area (Å²) < 4.78 is 6.94. The van der Waals surface area contributed by atoms with E-state index < -0.39 is 5.41 Å². The maximum absolute atomic E-state index is 6.94. The maximum atomic E-state index is 6.94. The molecule has 6 aromatic carbocycles. The van der Waals surface area contributed by atoms with Gasteiger partial charge in [-0.25, -0.2) is 15.0 Å². The molecule has 17 rings (SSSR count). The van der Waals surface area contributed by atoms with E-state index in [4.69, 9.17) is 19.4 Å². The van der Waals surface area contributed by atoms with Crippen LogP contribution in [-0.2, 0) is 16.2 Å². The molecule has 0 N–H and O–H groups in total. The van der Waals surface area contributed by atoms with E-state index in [-0.39, 0.29) is 10.8 Å². The molecule has 332 valence electrons. The van der Waals surface area contributed by atoms with E-state index in [0.29, 0.717) is 0 Å². The van der Waals surface area contributed by atoms with E-state index in [1.165, 1.54) is 122 Å². The lowest BCUT2D eigenvalue weighted by molar-refractivity contribution is -0.0155. The Labute approximate surface area is 394 Å². The molecule has 0 unspecified atom stereocenters. The van der Waals surface area contributed by atoms with Crippen LogP contribution in [0.25, 0.3) is 33.3 Å². The summed E-state index contributed by atoms with van der Waals surface area (Å²) in [6, 6.07) is 49.3. The molecule has 67 heavy (non-hydrogen) atoms. The van der Waals surface area contributed by atoms with Gasteiger partial charge >= 0.3 is 0 Å². The lowest BCUT2D eigenvalue weighted by Gasteiger charge is -2.57. The standard InChI is InChI=1S/C62H58N4O/c1-37-23-45(57-63-58(60-31-39-25-40(32-60)27-41(26-39)33-60)65-59(64-57)61-34-42-28-43(35-61)30-44(29-42)36-61)24-38(2)55(37)66-52-20-9-7-17-49(52)62(46-13-4-3-5-14-46,50-18-8-10-21-53(50)66)51-19-12-16-48-47-15-6-11-22-54(47)67-56(48)51/h3-24,39-44H,25-36H2,1-2H3.